The number of nitrogens with zero attached hydrogens (tertiary/aromatic N) is 1. The minimum absolute atomic E-state index is 0.161. The number of rotatable bonds is 2. The molecule has 0 radical (unpaired) electrons. The number of hydrogen-bond donors (Lipinski definition) is 2. The fourth-order valence-electron chi connectivity index (χ4n) is 4.79. The summed E-state index contributed by atoms with van der Waals surface area (Å²) in [6.45, 7) is 9.66. The normalized spacial score (nSPS) is 19.8. The second kappa shape index (κ2) is 5.43. The summed E-state index contributed by atoms with van der Waals surface area (Å²) in [7, 11) is 0. The topological polar surface area (TPSA) is 75.4 Å². The van der Waals surface area contributed by atoms with Gasteiger partial charge in [0.2, 0.25) is 0 Å². The zero-order valence-electron chi connectivity index (χ0n) is 16.1. The molecule has 0 saturated heterocycles. The van der Waals surface area contributed by atoms with E-state index in [2.05, 4.69) is 16.5 Å². The summed E-state index contributed by atoms with van der Waals surface area (Å²) < 4.78 is 5.36. The Balaban J connectivity index is 2.04. The van der Waals surface area contributed by atoms with Crippen LogP contribution in [0.5, 0.6) is 0 Å². The van der Waals surface area contributed by atoms with Crippen molar-refractivity contribution in [2.24, 2.45) is 0 Å². The van der Waals surface area contributed by atoms with Crippen LogP contribution in [0.15, 0.2) is 10.6 Å². The maximum absolute atomic E-state index is 13.1. The fourth-order valence-corrected chi connectivity index (χ4v) is 4.79. The predicted octanol–water partition coefficient (Wildman–Crippen LogP) is 3.68. The van der Waals surface area contributed by atoms with Gasteiger partial charge in [-0.25, -0.2) is 0 Å². The number of aromatic nitrogens is 1. The van der Waals surface area contributed by atoms with Crippen LogP contribution in [0.4, 0.5) is 5.69 Å². The highest BCUT2D eigenvalue weighted by Gasteiger charge is 2.47. The van der Waals surface area contributed by atoms with Crippen LogP contribution in [-0.2, 0) is 29.7 Å². The highest BCUT2D eigenvalue weighted by molar-refractivity contribution is 6.04. The molecule has 2 aromatic rings. The molecule has 0 fully saturated rings. The number of aliphatic hydroxyl groups is 1. The molecule has 0 spiro atoms. The van der Waals surface area contributed by atoms with Crippen LogP contribution in [0.2, 0.25) is 0 Å². The van der Waals surface area contributed by atoms with Gasteiger partial charge in [0.15, 0.2) is 5.78 Å². The number of carbonyl (C=O) groups excluding carboxylic acids is 1. The third-order valence-electron chi connectivity index (χ3n) is 6.00. The van der Waals surface area contributed by atoms with E-state index in [0.29, 0.717) is 11.5 Å². The molecular weight excluding hydrogens is 328 g/mol. The first kappa shape index (κ1) is 17.3. The van der Waals surface area contributed by atoms with E-state index in [0.717, 1.165) is 41.6 Å². The lowest BCUT2D eigenvalue weighted by Crippen LogP contribution is -2.53. The van der Waals surface area contributed by atoms with E-state index in [1.54, 1.807) is 0 Å². The SMILES string of the molecule is Cc1onc(CO)c1-c1cc2c(c3c1CCC3)NC(C)(C)C(=O)C2(C)C. The maximum atomic E-state index is 13.1. The number of carbonyl (C=O) groups is 1. The monoisotopic (exact) mass is 354 g/mol. The van der Waals surface area contributed by atoms with Gasteiger partial charge < -0.3 is 14.9 Å². The van der Waals surface area contributed by atoms with Crippen LogP contribution >= 0.6 is 0 Å². The lowest BCUT2D eigenvalue weighted by molar-refractivity contribution is -0.127. The first-order chi connectivity index (χ1) is 12.2. The summed E-state index contributed by atoms with van der Waals surface area (Å²) in [5.41, 5.74) is 6.07. The van der Waals surface area contributed by atoms with Gasteiger partial charge in [-0.3, -0.25) is 4.79 Å². The van der Waals surface area contributed by atoms with Crippen molar-refractivity contribution < 1.29 is 14.4 Å². The van der Waals surface area contributed by atoms with Crippen LogP contribution in [0.3, 0.4) is 0 Å². The number of aryl methyl sites for hydroxylation is 1. The molecule has 1 aromatic heterocycles. The highest BCUT2D eigenvalue weighted by atomic mass is 16.5. The van der Waals surface area contributed by atoms with Crippen LogP contribution in [-0.4, -0.2) is 21.6 Å². The second-order valence-electron chi connectivity index (χ2n) is 8.58. The van der Waals surface area contributed by atoms with Crippen molar-refractivity contribution in [2.75, 3.05) is 5.32 Å². The van der Waals surface area contributed by atoms with Gasteiger partial charge in [-0.05, 0) is 82.2 Å². The van der Waals surface area contributed by atoms with Crippen molar-refractivity contribution in [1.82, 2.24) is 5.16 Å². The van der Waals surface area contributed by atoms with Crippen molar-refractivity contribution in [3.05, 3.63) is 34.2 Å². The van der Waals surface area contributed by atoms with E-state index in [1.165, 1.54) is 11.1 Å². The molecule has 1 aromatic carbocycles. The molecule has 26 heavy (non-hydrogen) atoms. The molecule has 2 aliphatic rings. The van der Waals surface area contributed by atoms with Gasteiger partial charge in [0.1, 0.15) is 11.5 Å². The molecule has 0 unspecified atom stereocenters. The van der Waals surface area contributed by atoms with Gasteiger partial charge in [-0.15, -0.1) is 0 Å². The molecule has 5 heteroatoms. The minimum Gasteiger partial charge on any atom is -0.390 e. The molecule has 1 aliphatic heterocycles. The Morgan fingerprint density at radius 2 is 1.92 bits per heavy atom. The first-order valence-corrected chi connectivity index (χ1v) is 9.27. The smallest absolute Gasteiger partial charge is 0.167 e. The van der Waals surface area contributed by atoms with Crippen LogP contribution in [0.25, 0.3) is 11.1 Å². The summed E-state index contributed by atoms with van der Waals surface area (Å²) in [4.78, 5) is 13.1. The number of ketones is 1. The summed E-state index contributed by atoms with van der Waals surface area (Å²) in [5.74, 6) is 0.891. The number of anilines is 1. The number of aliphatic hydroxyl groups excluding tert-OH is 1. The standard InChI is InChI=1S/C21H26N2O3/c1-11-17(16(10-24)23-26-11)14-9-15-18(13-8-6-7-12(13)14)22-21(4,5)19(25)20(15,2)3/h9,22,24H,6-8,10H2,1-5H3. The van der Waals surface area contributed by atoms with Crippen molar-refractivity contribution in [3.8, 4) is 11.1 Å². The first-order valence-electron chi connectivity index (χ1n) is 9.27. The third kappa shape index (κ3) is 2.19. The quantitative estimate of drug-likeness (QED) is 0.860. The molecule has 138 valence electrons. The average molecular weight is 354 g/mol. The zero-order valence-corrected chi connectivity index (χ0v) is 16.1. The minimum atomic E-state index is -0.586. The largest absolute Gasteiger partial charge is 0.390 e. The van der Waals surface area contributed by atoms with Crippen molar-refractivity contribution >= 4 is 11.5 Å². The Morgan fingerprint density at radius 1 is 1.23 bits per heavy atom. The van der Waals surface area contributed by atoms with Crippen molar-refractivity contribution in [2.45, 2.75) is 71.4 Å². The predicted molar refractivity (Wildman–Crippen MR) is 100 cm³/mol. The highest BCUT2D eigenvalue weighted by Crippen LogP contribution is 2.49. The molecule has 2 heterocycles. The van der Waals surface area contributed by atoms with Crippen LogP contribution in [0, 0.1) is 6.92 Å². The molecule has 0 atom stereocenters. The second-order valence-corrected chi connectivity index (χ2v) is 8.58. The Hall–Kier alpha value is -2.14. The van der Waals surface area contributed by atoms with E-state index in [1.807, 2.05) is 34.6 Å². The number of nitrogens with one attached hydrogen (secondary N) is 1. The zero-order chi connectivity index (χ0) is 18.9. The molecule has 0 amide bonds. The van der Waals surface area contributed by atoms with Crippen molar-refractivity contribution in [1.29, 1.82) is 0 Å². The summed E-state index contributed by atoms with van der Waals surface area (Å²) in [6.07, 6.45) is 3.08. The lowest BCUT2D eigenvalue weighted by atomic mass is 9.68. The summed E-state index contributed by atoms with van der Waals surface area (Å²) in [5, 5.41) is 17.2. The summed E-state index contributed by atoms with van der Waals surface area (Å²) >= 11 is 0. The van der Waals surface area contributed by atoms with Gasteiger partial charge in [-0.1, -0.05) is 5.16 Å². The molecule has 2 N–H and O–H groups in total. The third-order valence-corrected chi connectivity index (χ3v) is 6.00. The number of Topliss-reactive ketones (excluding diaryl/α,β-unsaturated/α-hetero) is 1. The van der Waals surface area contributed by atoms with Gasteiger partial charge in [0.05, 0.1) is 23.1 Å². The van der Waals surface area contributed by atoms with Gasteiger partial charge in [-0.2, -0.15) is 0 Å². The van der Waals surface area contributed by atoms with Crippen molar-refractivity contribution in [3.63, 3.8) is 0 Å². The molecule has 1 aliphatic carbocycles. The van der Waals surface area contributed by atoms with E-state index in [4.69, 9.17) is 4.52 Å². The fraction of sp³-hybridized carbons (Fsp3) is 0.524. The average Bonchev–Trinajstić information content (AvgIpc) is 3.20. The number of fused-ring (bicyclic) bond motifs is 3. The van der Waals surface area contributed by atoms with Crippen LogP contribution in [0.1, 0.15) is 62.3 Å². The molecule has 5 nitrogen and oxygen atoms in total. The van der Waals surface area contributed by atoms with Gasteiger partial charge >= 0.3 is 0 Å². The number of hydrogen-bond acceptors (Lipinski definition) is 5. The molecule has 4 rings (SSSR count). The maximum Gasteiger partial charge on any atom is 0.167 e. The van der Waals surface area contributed by atoms with E-state index < -0.39 is 11.0 Å². The lowest BCUT2D eigenvalue weighted by Gasteiger charge is -2.43. The van der Waals surface area contributed by atoms with E-state index in [-0.39, 0.29) is 12.4 Å². The van der Waals surface area contributed by atoms with E-state index >= 15 is 0 Å². The van der Waals surface area contributed by atoms with Gasteiger partial charge in [0.25, 0.3) is 0 Å². The summed E-state index contributed by atoms with van der Waals surface area (Å²) in [6, 6.07) is 2.12. The number of benzene rings is 1. The Bertz CT molecular complexity index is 922. The Labute approximate surface area is 153 Å². The molecule has 0 saturated carbocycles. The Kier molecular flexibility index (Phi) is 3.61. The van der Waals surface area contributed by atoms with E-state index in [9.17, 15) is 9.90 Å². The van der Waals surface area contributed by atoms with Crippen LogP contribution < -0.4 is 5.32 Å². The Morgan fingerprint density at radius 3 is 2.62 bits per heavy atom. The molecule has 0 bridgehead atoms. The van der Waals surface area contributed by atoms with Gasteiger partial charge in [0, 0.05) is 5.69 Å². The molecular formula is C21H26N2O3.